The highest BCUT2D eigenvalue weighted by Gasteiger charge is 2.19. The zero-order chi connectivity index (χ0) is 15.8. The predicted octanol–water partition coefficient (Wildman–Crippen LogP) is 0.241. The summed E-state index contributed by atoms with van der Waals surface area (Å²) in [6, 6.07) is 9.68. The van der Waals surface area contributed by atoms with Gasteiger partial charge in [0, 0.05) is 11.9 Å². The second-order valence-corrected chi connectivity index (χ2v) is 5.49. The number of hydrogen-bond donors (Lipinski definition) is 3. The second kappa shape index (κ2) is 5.40. The average molecular weight is 312 g/mol. The van der Waals surface area contributed by atoms with Crippen LogP contribution in [-0.2, 0) is 0 Å². The van der Waals surface area contributed by atoms with E-state index in [4.69, 9.17) is 10.6 Å². The van der Waals surface area contributed by atoms with Gasteiger partial charge < -0.3 is 15.9 Å². The molecule has 1 fully saturated rings. The third-order valence-corrected chi connectivity index (χ3v) is 3.88. The van der Waals surface area contributed by atoms with Gasteiger partial charge >= 0.3 is 5.69 Å². The fourth-order valence-electron chi connectivity index (χ4n) is 2.72. The molecule has 3 heterocycles. The molecule has 1 aromatic carbocycles. The van der Waals surface area contributed by atoms with E-state index in [1.165, 1.54) is 0 Å². The number of hydrogen-bond acceptors (Lipinski definition) is 6. The van der Waals surface area contributed by atoms with Crippen molar-refractivity contribution in [1.29, 1.82) is 0 Å². The number of ether oxygens (including phenoxy) is 1. The van der Waals surface area contributed by atoms with E-state index in [0.717, 1.165) is 35.1 Å². The first-order chi connectivity index (χ1) is 11.2. The Morgan fingerprint density at radius 2 is 2.22 bits per heavy atom. The Kier molecular flexibility index (Phi) is 3.23. The average Bonchev–Trinajstić information content (AvgIpc) is 3.18. The molecule has 1 saturated heterocycles. The molecule has 3 aromatic rings. The van der Waals surface area contributed by atoms with Gasteiger partial charge in [0.1, 0.15) is 11.8 Å². The SMILES string of the molecule is Nn1nc(-c2cc3ccccc3c(O[C@H]3CCNC3)n2)[nH]c1=O. The highest BCUT2D eigenvalue weighted by molar-refractivity contribution is 5.89. The number of aromatic amines is 1. The molecule has 0 saturated carbocycles. The van der Waals surface area contributed by atoms with Crippen LogP contribution in [0.5, 0.6) is 5.88 Å². The fourth-order valence-corrected chi connectivity index (χ4v) is 2.72. The van der Waals surface area contributed by atoms with Crippen molar-refractivity contribution in [3.8, 4) is 17.4 Å². The van der Waals surface area contributed by atoms with Crippen molar-refractivity contribution < 1.29 is 4.74 Å². The van der Waals surface area contributed by atoms with Gasteiger partial charge in [-0.05, 0) is 30.5 Å². The monoisotopic (exact) mass is 312 g/mol. The summed E-state index contributed by atoms with van der Waals surface area (Å²) < 4.78 is 6.06. The van der Waals surface area contributed by atoms with Crippen LogP contribution < -0.4 is 21.6 Å². The number of nitrogens with zero attached hydrogens (tertiary/aromatic N) is 3. The zero-order valence-corrected chi connectivity index (χ0v) is 12.3. The molecule has 23 heavy (non-hydrogen) atoms. The quantitative estimate of drug-likeness (QED) is 0.598. The van der Waals surface area contributed by atoms with Crippen molar-refractivity contribution in [3.63, 3.8) is 0 Å². The third kappa shape index (κ3) is 2.53. The molecule has 2 aromatic heterocycles. The number of pyridine rings is 1. The summed E-state index contributed by atoms with van der Waals surface area (Å²) in [5.41, 5.74) is 0.0309. The fraction of sp³-hybridized carbons (Fsp3) is 0.267. The van der Waals surface area contributed by atoms with Crippen LogP contribution in [0.3, 0.4) is 0 Å². The maximum Gasteiger partial charge on any atom is 0.362 e. The molecule has 0 amide bonds. The number of nitrogen functional groups attached to an aromatic ring is 1. The highest BCUT2D eigenvalue weighted by atomic mass is 16.5. The van der Waals surface area contributed by atoms with Gasteiger partial charge in [-0.2, -0.15) is 0 Å². The van der Waals surface area contributed by atoms with Gasteiger partial charge in [-0.1, -0.05) is 18.2 Å². The molecule has 0 aliphatic carbocycles. The molecule has 4 rings (SSSR count). The minimum atomic E-state index is -0.489. The van der Waals surface area contributed by atoms with E-state index in [1.807, 2.05) is 30.3 Å². The molecular formula is C15H16N6O2. The van der Waals surface area contributed by atoms with Crippen LogP contribution in [0.1, 0.15) is 6.42 Å². The van der Waals surface area contributed by atoms with Crippen LogP contribution in [0.2, 0.25) is 0 Å². The number of benzene rings is 1. The van der Waals surface area contributed by atoms with Crippen molar-refractivity contribution in [3.05, 3.63) is 40.8 Å². The lowest BCUT2D eigenvalue weighted by Gasteiger charge is -2.14. The molecule has 0 spiro atoms. The predicted molar refractivity (Wildman–Crippen MR) is 85.6 cm³/mol. The number of aromatic nitrogens is 4. The van der Waals surface area contributed by atoms with Crippen LogP contribution in [0.15, 0.2) is 35.1 Å². The van der Waals surface area contributed by atoms with Gasteiger partial charge in [-0.25, -0.2) is 9.78 Å². The Morgan fingerprint density at radius 3 is 2.96 bits per heavy atom. The van der Waals surface area contributed by atoms with Crippen molar-refractivity contribution >= 4 is 10.8 Å². The first-order valence-electron chi connectivity index (χ1n) is 7.42. The normalized spacial score (nSPS) is 17.7. The highest BCUT2D eigenvalue weighted by Crippen LogP contribution is 2.28. The lowest BCUT2D eigenvalue weighted by molar-refractivity contribution is 0.217. The largest absolute Gasteiger partial charge is 0.472 e. The van der Waals surface area contributed by atoms with Gasteiger partial charge in [0.05, 0.1) is 0 Å². The number of fused-ring (bicyclic) bond motifs is 1. The van der Waals surface area contributed by atoms with Crippen LogP contribution in [0, 0.1) is 0 Å². The Labute approximate surface area is 131 Å². The van der Waals surface area contributed by atoms with Gasteiger partial charge in [0.2, 0.25) is 5.88 Å². The molecule has 0 radical (unpaired) electrons. The molecule has 1 atom stereocenters. The smallest absolute Gasteiger partial charge is 0.362 e. The standard InChI is InChI=1S/C15H16N6O2/c16-21-15(22)19-13(20-21)12-7-9-3-1-2-4-11(9)14(18-12)23-10-5-6-17-8-10/h1-4,7,10,17H,5-6,8,16H2,(H,19,20,22)/t10-/m0/s1. The lowest BCUT2D eigenvalue weighted by Crippen LogP contribution is -2.25. The third-order valence-electron chi connectivity index (χ3n) is 3.88. The van der Waals surface area contributed by atoms with Gasteiger partial charge in [-0.15, -0.1) is 9.89 Å². The van der Waals surface area contributed by atoms with Crippen molar-refractivity contribution in [1.82, 2.24) is 25.2 Å². The minimum Gasteiger partial charge on any atom is -0.472 e. The van der Waals surface area contributed by atoms with Crippen LogP contribution in [0.25, 0.3) is 22.3 Å². The number of rotatable bonds is 3. The minimum absolute atomic E-state index is 0.0901. The van der Waals surface area contributed by atoms with Gasteiger partial charge in [-0.3, -0.25) is 4.98 Å². The first-order valence-corrected chi connectivity index (χ1v) is 7.42. The number of H-pyrrole nitrogens is 1. The van der Waals surface area contributed by atoms with E-state index in [2.05, 4.69) is 20.4 Å². The molecule has 1 aliphatic heterocycles. The van der Waals surface area contributed by atoms with Crippen molar-refractivity contribution in [2.24, 2.45) is 0 Å². The van der Waals surface area contributed by atoms with Crippen LogP contribution in [0.4, 0.5) is 0 Å². The summed E-state index contributed by atoms with van der Waals surface area (Å²) in [5.74, 6) is 6.31. The van der Waals surface area contributed by atoms with E-state index < -0.39 is 5.69 Å². The lowest BCUT2D eigenvalue weighted by atomic mass is 10.1. The Morgan fingerprint density at radius 1 is 1.35 bits per heavy atom. The second-order valence-electron chi connectivity index (χ2n) is 5.49. The first kappa shape index (κ1) is 13.8. The van der Waals surface area contributed by atoms with Crippen molar-refractivity contribution in [2.75, 3.05) is 18.9 Å². The molecule has 0 unspecified atom stereocenters. The van der Waals surface area contributed by atoms with Gasteiger partial charge in [0.25, 0.3) is 0 Å². The summed E-state index contributed by atoms with van der Waals surface area (Å²) in [7, 11) is 0. The summed E-state index contributed by atoms with van der Waals surface area (Å²) in [6.45, 7) is 1.74. The summed E-state index contributed by atoms with van der Waals surface area (Å²) >= 11 is 0. The number of nitrogens with one attached hydrogen (secondary N) is 2. The Balaban J connectivity index is 1.83. The van der Waals surface area contributed by atoms with Gasteiger partial charge in [0.15, 0.2) is 5.82 Å². The molecular weight excluding hydrogens is 296 g/mol. The summed E-state index contributed by atoms with van der Waals surface area (Å²) in [6.07, 6.45) is 1.03. The molecule has 0 bridgehead atoms. The van der Waals surface area contributed by atoms with E-state index in [0.29, 0.717) is 17.4 Å². The summed E-state index contributed by atoms with van der Waals surface area (Å²) in [5, 5.41) is 9.11. The van der Waals surface area contributed by atoms with Crippen molar-refractivity contribution in [2.45, 2.75) is 12.5 Å². The van der Waals surface area contributed by atoms with Crippen LogP contribution in [-0.4, -0.2) is 39.1 Å². The molecule has 1 aliphatic rings. The van der Waals surface area contributed by atoms with E-state index in [-0.39, 0.29) is 6.10 Å². The molecule has 118 valence electrons. The maximum absolute atomic E-state index is 11.5. The molecule has 8 nitrogen and oxygen atoms in total. The van der Waals surface area contributed by atoms with E-state index >= 15 is 0 Å². The Bertz CT molecular complexity index is 910. The zero-order valence-electron chi connectivity index (χ0n) is 12.3. The van der Waals surface area contributed by atoms with E-state index in [9.17, 15) is 4.79 Å². The molecule has 4 N–H and O–H groups in total. The molecule has 8 heteroatoms. The topological polar surface area (TPSA) is 111 Å². The van der Waals surface area contributed by atoms with Crippen LogP contribution >= 0.6 is 0 Å². The number of nitrogens with two attached hydrogens (primary N) is 1. The Hall–Kier alpha value is -2.87. The maximum atomic E-state index is 11.5. The van der Waals surface area contributed by atoms with E-state index in [1.54, 1.807) is 0 Å². The summed E-state index contributed by atoms with van der Waals surface area (Å²) in [4.78, 5) is 19.4.